The van der Waals surface area contributed by atoms with Crippen LogP contribution in [0, 0.1) is 10.1 Å². The molecule has 1 N–H and O–H groups in total. The Bertz CT molecular complexity index is 648. The lowest BCUT2D eigenvalue weighted by Gasteiger charge is -2.29. The first-order valence-electron chi connectivity index (χ1n) is 6.92. The predicted octanol–water partition coefficient (Wildman–Crippen LogP) is 1.99. The first kappa shape index (κ1) is 14.8. The van der Waals surface area contributed by atoms with Gasteiger partial charge in [-0.05, 0) is 25.5 Å². The Hall–Kier alpha value is -2.09. The third kappa shape index (κ3) is 2.43. The Kier molecular flexibility index (Phi) is 3.56. The summed E-state index contributed by atoms with van der Waals surface area (Å²) in [7, 11) is 0. The van der Waals surface area contributed by atoms with Gasteiger partial charge in [0.2, 0.25) is 11.8 Å². The van der Waals surface area contributed by atoms with E-state index in [2.05, 4.69) is 5.32 Å². The fourth-order valence-electron chi connectivity index (χ4n) is 2.91. The fourth-order valence-corrected chi connectivity index (χ4v) is 4.34. The summed E-state index contributed by atoms with van der Waals surface area (Å²) in [5.74, 6) is 0.331. The van der Waals surface area contributed by atoms with Gasteiger partial charge in [-0.2, -0.15) is 0 Å². The smallest absolute Gasteiger partial charge is 0.269 e. The largest absolute Gasteiger partial charge is 0.324 e. The molecular weight excluding hydrogens is 306 g/mol. The zero-order valence-electron chi connectivity index (χ0n) is 11.9. The number of nitro benzene ring substituents is 1. The topological polar surface area (TPSA) is 92.6 Å². The van der Waals surface area contributed by atoms with Gasteiger partial charge in [-0.1, -0.05) is 0 Å². The van der Waals surface area contributed by atoms with E-state index in [1.165, 1.54) is 24.3 Å². The molecule has 2 heterocycles. The van der Waals surface area contributed by atoms with Gasteiger partial charge in [0.05, 0.1) is 9.79 Å². The summed E-state index contributed by atoms with van der Waals surface area (Å²) in [6.45, 7) is 1.99. The Morgan fingerprint density at radius 2 is 2.14 bits per heavy atom. The van der Waals surface area contributed by atoms with Crippen molar-refractivity contribution in [1.29, 1.82) is 0 Å². The average Bonchev–Trinajstić information content (AvgIpc) is 2.97. The maximum absolute atomic E-state index is 12.4. The van der Waals surface area contributed by atoms with Gasteiger partial charge in [0.1, 0.15) is 6.04 Å². The Morgan fingerprint density at radius 3 is 2.77 bits per heavy atom. The zero-order valence-corrected chi connectivity index (χ0v) is 12.8. The maximum Gasteiger partial charge on any atom is 0.269 e. The molecule has 0 saturated carbocycles. The summed E-state index contributed by atoms with van der Waals surface area (Å²) >= 11 is 1.63. The number of benzene rings is 1. The Balaban J connectivity index is 1.72. The van der Waals surface area contributed by atoms with Crippen LogP contribution in [0.5, 0.6) is 0 Å². The van der Waals surface area contributed by atoms with Gasteiger partial charge in [-0.25, -0.2) is 0 Å². The van der Waals surface area contributed by atoms with E-state index >= 15 is 0 Å². The first-order valence-corrected chi connectivity index (χ1v) is 7.91. The van der Waals surface area contributed by atoms with E-state index in [1.807, 2.05) is 6.92 Å². The number of carbonyl (C=O) groups is 2. The standard InChI is InChI=1S/C14H15N3O4S/c1-14-7-6-12(18)16(14)11(8-22-14)13(19)15-9-2-4-10(5-3-9)17(20)21/h2-5,11H,6-8H2,1H3,(H,15,19). The molecule has 2 saturated heterocycles. The summed E-state index contributed by atoms with van der Waals surface area (Å²) in [6, 6.07) is 5.17. The molecule has 2 amide bonds. The van der Waals surface area contributed by atoms with Crippen LogP contribution < -0.4 is 5.32 Å². The quantitative estimate of drug-likeness (QED) is 0.679. The number of rotatable bonds is 3. The Morgan fingerprint density at radius 1 is 1.45 bits per heavy atom. The van der Waals surface area contributed by atoms with Crippen LogP contribution in [0.15, 0.2) is 24.3 Å². The molecule has 116 valence electrons. The molecule has 2 atom stereocenters. The lowest BCUT2D eigenvalue weighted by Crippen LogP contribution is -2.48. The molecule has 0 radical (unpaired) electrons. The van der Waals surface area contributed by atoms with Crippen LogP contribution in [0.2, 0.25) is 0 Å². The van der Waals surface area contributed by atoms with E-state index in [9.17, 15) is 19.7 Å². The fraction of sp³-hybridized carbons (Fsp3) is 0.429. The molecule has 1 aromatic rings. The number of thioether (sulfide) groups is 1. The number of hydrogen-bond donors (Lipinski definition) is 1. The molecule has 2 aliphatic heterocycles. The van der Waals surface area contributed by atoms with Crippen LogP contribution in [0.3, 0.4) is 0 Å². The highest BCUT2D eigenvalue weighted by Crippen LogP contribution is 2.47. The normalized spacial score (nSPS) is 26.9. The van der Waals surface area contributed by atoms with Crippen molar-refractivity contribution < 1.29 is 14.5 Å². The number of fused-ring (bicyclic) bond motifs is 1. The van der Waals surface area contributed by atoms with Crippen LogP contribution in [0.25, 0.3) is 0 Å². The molecule has 1 aromatic carbocycles. The van der Waals surface area contributed by atoms with Crippen molar-refractivity contribution in [2.45, 2.75) is 30.7 Å². The number of non-ortho nitro benzene ring substituents is 1. The summed E-state index contributed by atoms with van der Waals surface area (Å²) in [4.78, 5) is 35.9. The van der Waals surface area contributed by atoms with Crippen molar-refractivity contribution in [2.75, 3.05) is 11.1 Å². The summed E-state index contributed by atoms with van der Waals surface area (Å²) in [5, 5.41) is 13.3. The van der Waals surface area contributed by atoms with Crippen molar-refractivity contribution in [1.82, 2.24) is 4.90 Å². The minimum atomic E-state index is -0.493. The molecule has 0 aromatic heterocycles. The lowest BCUT2D eigenvalue weighted by molar-refractivity contribution is -0.384. The highest BCUT2D eigenvalue weighted by Gasteiger charge is 2.52. The summed E-state index contributed by atoms with van der Waals surface area (Å²) in [5.41, 5.74) is 0.456. The number of nitrogens with zero attached hydrogens (tertiary/aromatic N) is 2. The number of hydrogen-bond acceptors (Lipinski definition) is 5. The minimum Gasteiger partial charge on any atom is -0.324 e. The highest BCUT2D eigenvalue weighted by atomic mass is 32.2. The van der Waals surface area contributed by atoms with Gasteiger partial charge < -0.3 is 10.2 Å². The van der Waals surface area contributed by atoms with E-state index in [-0.39, 0.29) is 22.4 Å². The molecule has 3 rings (SSSR count). The zero-order chi connectivity index (χ0) is 15.9. The van der Waals surface area contributed by atoms with Gasteiger partial charge in [0.15, 0.2) is 0 Å². The van der Waals surface area contributed by atoms with E-state index in [0.717, 1.165) is 6.42 Å². The van der Waals surface area contributed by atoms with Gasteiger partial charge in [0.25, 0.3) is 5.69 Å². The molecule has 2 aliphatic rings. The average molecular weight is 321 g/mol. The van der Waals surface area contributed by atoms with Gasteiger partial charge in [-0.3, -0.25) is 19.7 Å². The van der Waals surface area contributed by atoms with Gasteiger partial charge >= 0.3 is 0 Å². The van der Waals surface area contributed by atoms with Crippen LogP contribution in [-0.4, -0.2) is 38.3 Å². The molecule has 0 aliphatic carbocycles. The van der Waals surface area contributed by atoms with Crippen LogP contribution in [0.1, 0.15) is 19.8 Å². The second kappa shape index (κ2) is 5.28. The summed E-state index contributed by atoms with van der Waals surface area (Å²) in [6.07, 6.45) is 1.24. The minimum absolute atomic E-state index is 0.0105. The van der Waals surface area contributed by atoms with Crippen molar-refractivity contribution in [2.24, 2.45) is 0 Å². The number of nitro groups is 1. The van der Waals surface area contributed by atoms with E-state index < -0.39 is 11.0 Å². The predicted molar refractivity (Wildman–Crippen MR) is 82.5 cm³/mol. The van der Waals surface area contributed by atoms with Crippen LogP contribution in [-0.2, 0) is 9.59 Å². The number of nitrogens with one attached hydrogen (secondary N) is 1. The molecule has 2 unspecified atom stereocenters. The third-order valence-corrected chi connectivity index (χ3v) is 5.60. The number of anilines is 1. The molecule has 0 spiro atoms. The van der Waals surface area contributed by atoms with Gasteiger partial charge in [-0.15, -0.1) is 11.8 Å². The molecule has 2 fully saturated rings. The molecule has 8 heteroatoms. The van der Waals surface area contributed by atoms with Crippen molar-refractivity contribution in [3.8, 4) is 0 Å². The van der Waals surface area contributed by atoms with E-state index in [4.69, 9.17) is 0 Å². The maximum atomic E-state index is 12.4. The second-order valence-electron chi connectivity index (χ2n) is 5.56. The lowest BCUT2D eigenvalue weighted by atomic mass is 10.2. The summed E-state index contributed by atoms with van der Waals surface area (Å²) < 4.78 is 0. The van der Waals surface area contributed by atoms with Crippen LogP contribution in [0.4, 0.5) is 11.4 Å². The van der Waals surface area contributed by atoms with E-state index in [1.54, 1.807) is 16.7 Å². The third-order valence-electron chi connectivity index (χ3n) is 4.09. The molecule has 0 bridgehead atoms. The molecule has 22 heavy (non-hydrogen) atoms. The van der Waals surface area contributed by atoms with E-state index in [0.29, 0.717) is 17.9 Å². The van der Waals surface area contributed by atoms with Gasteiger partial charge in [0, 0.05) is 30.0 Å². The Labute approximate surface area is 131 Å². The molecule has 7 nitrogen and oxygen atoms in total. The SMILES string of the molecule is CC12CCC(=O)N1C(C(=O)Nc1ccc([N+](=O)[O-])cc1)CS2. The molecular formula is C14H15N3O4S. The van der Waals surface area contributed by atoms with Crippen molar-refractivity contribution >= 4 is 35.0 Å². The number of carbonyl (C=O) groups excluding carboxylic acids is 2. The van der Waals surface area contributed by atoms with Crippen molar-refractivity contribution in [3.05, 3.63) is 34.4 Å². The van der Waals surface area contributed by atoms with Crippen molar-refractivity contribution in [3.63, 3.8) is 0 Å². The number of amides is 2. The monoisotopic (exact) mass is 321 g/mol. The second-order valence-corrected chi connectivity index (χ2v) is 7.06. The highest BCUT2D eigenvalue weighted by molar-refractivity contribution is 8.01. The first-order chi connectivity index (χ1) is 10.4. The van der Waals surface area contributed by atoms with Crippen LogP contribution >= 0.6 is 11.8 Å².